The zero-order valence-corrected chi connectivity index (χ0v) is 18.4. The molecule has 0 aromatic heterocycles. The van der Waals surface area contributed by atoms with Crippen molar-refractivity contribution in [3.8, 4) is 0 Å². The molecule has 0 aliphatic heterocycles. The molecule has 0 aliphatic carbocycles. The highest BCUT2D eigenvalue weighted by Crippen LogP contribution is 2.30. The largest absolute Gasteiger partial charge is 0.416 e. The predicted octanol–water partition coefficient (Wildman–Crippen LogP) is 6.07. The predicted molar refractivity (Wildman–Crippen MR) is 132 cm³/mol. The van der Waals surface area contributed by atoms with E-state index in [-0.39, 0.29) is 11.6 Å². The SMILES string of the molecule is C=Nc1ccccc1NC(=O)/C=C/c1ccc(C(N=C)C(=O)Nc2ccc(C(F)(F)F)cc2)cc1. The van der Waals surface area contributed by atoms with E-state index >= 15 is 0 Å². The van der Waals surface area contributed by atoms with Crippen LogP contribution in [0.5, 0.6) is 0 Å². The van der Waals surface area contributed by atoms with E-state index in [1.165, 1.54) is 18.2 Å². The maximum Gasteiger partial charge on any atom is 0.416 e. The van der Waals surface area contributed by atoms with Crippen LogP contribution in [0.1, 0.15) is 22.7 Å². The molecule has 0 fully saturated rings. The van der Waals surface area contributed by atoms with Crippen LogP contribution in [0.4, 0.5) is 30.2 Å². The van der Waals surface area contributed by atoms with Crippen LogP contribution >= 0.6 is 0 Å². The Morgan fingerprint density at radius 3 is 2.14 bits per heavy atom. The van der Waals surface area contributed by atoms with Gasteiger partial charge >= 0.3 is 6.18 Å². The number of para-hydroxylation sites is 2. The Morgan fingerprint density at radius 2 is 1.54 bits per heavy atom. The van der Waals surface area contributed by atoms with Gasteiger partial charge in [-0.2, -0.15) is 13.2 Å². The number of aliphatic imine (C=N–C) groups is 2. The number of nitrogens with one attached hydrogen (secondary N) is 2. The topological polar surface area (TPSA) is 82.9 Å². The first-order chi connectivity index (χ1) is 16.7. The minimum atomic E-state index is -4.46. The molecule has 3 rings (SSSR count). The zero-order chi connectivity index (χ0) is 25.4. The van der Waals surface area contributed by atoms with Crippen LogP contribution in [-0.2, 0) is 15.8 Å². The number of halogens is 3. The highest BCUT2D eigenvalue weighted by Gasteiger charge is 2.30. The van der Waals surface area contributed by atoms with E-state index in [9.17, 15) is 22.8 Å². The number of amides is 2. The minimum absolute atomic E-state index is 0.204. The molecule has 35 heavy (non-hydrogen) atoms. The second-order valence-electron chi connectivity index (χ2n) is 7.31. The smallest absolute Gasteiger partial charge is 0.324 e. The summed E-state index contributed by atoms with van der Waals surface area (Å²) in [5.41, 5.74) is 1.70. The highest BCUT2D eigenvalue weighted by atomic mass is 19.4. The maximum atomic E-state index is 12.7. The Kier molecular flexibility index (Phi) is 7.93. The van der Waals surface area contributed by atoms with Crippen molar-refractivity contribution in [2.75, 3.05) is 10.6 Å². The number of benzene rings is 3. The summed E-state index contributed by atoms with van der Waals surface area (Å²) in [4.78, 5) is 32.5. The van der Waals surface area contributed by atoms with Gasteiger partial charge in [-0.1, -0.05) is 36.4 Å². The van der Waals surface area contributed by atoms with Gasteiger partial charge in [-0.25, -0.2) is 0 Å². The van der Waals surface area contributed by atoms with Crippen LogP contribution in [0, 0.1) is 0 Å². The average Bonchev–Trinajstić information content (AvgIpc) is 2.84. The molecule has 6 nitrogen and oxygen atoms in total. The molecule has 2 amide bonds. The zero-order valence-electron chi connectivity index (χ0n) is 18.4. The summed E-state index contributed by atoms with van der Waals surface area (Å²) < 4.78 is 38.1. The van der Waals surface area contributed by atoms with E-state index in [2.05, 4.69) is 34.1 Å². The molecule has 0 heterocycles. The van der Waals surface area contributed by atoms with Crippen molar-refractivity contribution < 1.29 is 22.8 Å². The normalized spacial score (nSPS) is 12.1. The molecule has 2 N–H and O–H groups in total. The number of nitrogens with zero attached hydrogens (tertiary/aromatic N) is 2. The van der Waals surface area contributed by atoms with Gasteiger partial charge in [0.1, 0.15) is 0 Å². The average molecular weight is 478 g/mol. The molecule has 0 radical (unpaired) electrons. The Morgan fingerprint density at radius 1 is 0.886 bits per heavy atom. The van der Waals surface area contributed by atoms with Crippen molar-refractivity contribution in [3.63, 3.8) is 0 Å². The number of alkyl halides is 3. The molecule has 9 heteroatoms. The van der Waals surface area contributed by atoms with Gasteiger partial charge in [0.05, 0.1) is 16.9 Å². The third-order valence-corrected chi connectivity index (χ3v) is 4.92. The summed E-state index contributed by atoms with van der Waals surface area (Å²) in [6.45, 7) is 6.91. The van der Waals surface area contributed by atoms with Crippen molar-refractivity contribution in [3.05, 3.63) is 95.6 Å². The molecule has 0 aliphatic rings. The quantitative estimate of drug-likeness (QED) is 0.304. The second-order valence-corrected chi connectivity index (χ2v) is 7.31. The lowest BCUT2D eigenvalue weighted by Crippen LogP contribution is -2.19. The summed E-state index contributed by atoms with van der Waals surface area (Å²) in [5, 5.41) is 5.26. The lowest BCUT2D eigenvalue weighted by atomic mass is 10.0. The summed E-state index contributed by atoms with van der Waals surface area (Å²) in [5.74, 6) is -0.899. The van der Waals surface area contributed by atoms with Crippen LogP contribution in [0.15, 0.2) is 88.9 Å². The van der Waals surface area contributed by atoms with Gasteiger partial charge in [-0.05, 0) is 67.0 Å². The summed E-state index contributed by atoms with van der Waals surface area (Å²) in [6, 6.07) is 16.8. The van der Waals surface area contributed by atoms with Gasteiger partial charge in [0.25, 0.3) is 5.91 Å². The van der Waals surface area contributed by atoms with Gasteiger partial charge in [-0.15, -0.1) is 0 Å². The van der Waals surface area contributed by atoms with Crippen LogP contribution in [-0.4, -0.2) is 25.2 Å². The summed E-state index contributed by atoms with van der Waals surface area (Å²) >= 11 is 0. The summed E-state index contributed by atoms with van der Waals surface area (Å²) in [7, 11) is 0. The van der Waals surface area contributed by atoms with Crippen molar-refractivity contribution in [1.29, 1.82) is 0 Å². The van der Waals surface area contributed by atoms with Crippen molar-refractivity contribution in [2.45, 2.75) is 12.2 Å². The Balaban J connectivity index is 1.63. The summed E-state index contributed by atoms with van der Waals surface area (Å²) in [6.07, 6.45) is -1.50. The van der Waals surface area contributed by atoms with E-state index in [0.717, 1.165) is 12.1 Å². The van der Waals surface area contributed by atoms with Crippen LogP contribution in [0.3, 0.4) is 0 Å². The first-order valence-electron chi connectivity index (χ1n) is 10.3. The van der Waals surface area contributed by atoms with E-state index < -0.39 is 23.7 Å². The van der Waals surface area contributed by atoms with Gasteiger partial charge in [0.15, 0.2) is 6.04 Å². The van der Waals surface area contributed by atoms with Gasteiger partial charge in [0.2, 0.25) is 5.91 Å². The van der Waals surface area contributed by atoms with E-state index in [0.29, 0.717) is 22.5 Å². The number of hydrogen-bond donors (Lipinski definition) is 2. The van der Waals surface area contributed by atoms with Crippen LogP contribution in [0.25, 0.3) is 6.08 Å². The van der Waals surface area contributed by atoms with Gasteiger partial charge in [0, 0.05) is 11.8 Å². The minimum Gasteiger partial charge on any atom is -0.324 e. The lowest BCUT2D eigenvalue weighted by molar-refractivity contribution is -0.137. The molecule has 1 atom stereocenters. The highest BCUT2D eigenvalue weighted by molar-refractivity contribution is 6.03. The number of carbonyl (C=O) groups is 2. The fourth-order valence-corrected chi connectivity index (χ4v) is 3.15. The van der Waals surface area contributed by atoms with E-state index in [4.69, 9.17) is 0 Å². The molecule has 1 unspecified atom stereocenters. The maximum absolute atomic E-state index is 12.7. The lowest BCUT2D eigenvalue weighted by Gasteiger charge is -2.14. The molecule has 3 aromatic carbocycles. The first-order valence-corrected chi connectivity index (χ1v) is 10.3. The Bertz CT molecular complexity index is 1250. The monoisotopic (exact) mass is 478 g/mol. The van der Waals surface area contributed by atoms with Crippen molar-refractivity contribution in [1.82, 2.24) is 0 Å². The molecule has 0 saturated carbocycles. The van der Waals surface area contributed by atoms with Crippen LogP contribution < -0.4 is 10.6 Å². The van der Waals surface area contributed by atoms with Gasteiger partial charge in [-0.3, -0.25) is 19.6 Å². The molecule has 0 saturated heterocycles. The fraction of sp³-hybridized carbons (Fsp3) is 0.0769. The molecule has 178 valence electrons. The van der Waals surface area contributed by atoms with E-state index in [1.807, 2.05) is 0 Å². The molecule has 3 aromatic rings. The number of rotatable bonds is 8. The third-order valence-electron chi connectivity index (χ3n) is 4.92. The Labute approximate surface area is 199 Å². The second kappa shape index (κ2) is 11.1. The molecular weight excluding hydrogens is 457 g/mol. The molecule has 0 bridgehead atoms. The molecule has 0 spiro atoms. The number of hydrogen-bond acceptors (Lipinski definition) is 4. The van der Waals surface area contributed by atoms with Crippen molar-refractivity contribution in [2.24, 2.45) is 9.98 Å². The van der Waals surface area contributed by atoms with E-state index in [1.54, 1.807) is 54.6 Å². The third kappa shape index (κ3) is 6.73. The van der Waals surface area contributed by atoms with Crippen molar-refractivity contribution >= 4 is 48.4 Å². The first kappa shape index (κ1) is 25.1. The standard InChI is InChI=1S/C26H21F3N4O2/c1-30-21-5-3-4-6-22(21)33-23(34)16-9-17-7-10-18(11-8-17)24(31-2)25(35)32-20-14-12-19(13-15-20)26(27,28)29/h3-16,24H,1-2H2,(H,32,35)(H,33,34)/b16-9+. The van der Waals surface area contributed by atoms with Gasteiger partial charge < -0.3 is 10.6 Å². The molecular formula is C26H21F3N4O2. The number of anilines is 2. The number of carbonyl (C=O) groups excluding carboxylic acids is 2. The Hall–Kier alpha value is -4.53. The fourth-order valence-electron chi connectivity index (χ4n) is 3.15. The van der Waals surface area contributed by atoms with Crippen LogP contribution in [0.2, 0.25) is 0 Å².